The molecule has 0 aliphatic carbocycles. The number of esters is 1. The Balaban J connectivity index is 1.04. The molecule has 7 aromatic rings. The minimum absolute atomic E-state index is 0.0521. The lowest BCUT2D eigenvalue weighted by Crippen LogP contribution is -2.66. The van der Waals surface area contributed by atoms with Crippen LogP contribution in [0, 0.1) is 0 Å². The molecule has 15 rings (SSSR count). The number of likely N-dealkylation sites (N-methyl/N-ethyl adjacent to an activating group) is 1. The maximum absolute atomic E-state index is 16.8. The van der Waals surface area contributed by atoms with Crippen molar-refractivity contribution in [3.8, 4) is 80.1 Å². The Labute approximate surface area is 751 Å². The van der Waals surface area contributed by atoms with Crippen LogP contribution in [0.1, 0.15) is 167 Å². The molecule has 39 nitrogen and oxygen atoms in total. The summed E-state index contributed by atoms with van der Waals surface area (Å²) in [6.45, 7) is 5.79. The number of fused-ring (bicyclic) bond motifs is 14. The number of methoxy groups -OCH3 is 1. The van der Waals surface area contributed by atoms with Crippen LogP contribution in [0.25, 0.3) is 11.1 Å². The lowest BCUT2D eigenvalue weighted by molar-refractivity contribution is -0.277. The Morgan fingerprint density at radius 2 is 1.18 bits per heavy atom. The topological polar surface area (TPSA) is 584 Å². The molecule has 0 unspecified atom stereocenters. The summed E-state index contributed by atoms with van der Waals surface area (Å²) < 4.78 is 55.3. The molecule has 0 radical (unpaired) electrons. The van der Waals surface area contributed by atoms with Crippen LogP contribution in [0.2, 0.25) is 10.0 Å². The SMILES string of the molecule is CCCCCCCCCCCC(=O)N[C@H]1[C@H](Oc2c3cc4cc2Oc2ccc(cc2Cl)[C@@H](O)[C@@H]2NC(=O)[C@H](NC(=O)[C@@H]4NC(=O)[C@H]4NC(=O)[C@@H](Cc5ccc(cc5)O3)NC(=O)[C@@H](N(C)C(=O)OC(C)(C)C)c3ccc(O)c(c3)Oc3cc(O)c(Cl)c4c3)c3ccc(O)c(c3)-c3c(O[C@H]4O[C@H](CO)[C@@H](O)[C@H](O)[C@@H]4O)cc(O)cc3[C@H](C(=O)O)NC2=O)O[C@H](C(=O)OC)[C@@H](O)[C@@H]1O. The van der Waals surface area contributed by atoms with E-state index in [4.69, 9.17) is 65.8 Å². The molecule has 7 aromatic carbocycles. The molecule has 8 aliphatic heterocycles. The van der Waals surface area contributed by atoms with Crippen LogP contribution in [0.5, 0.6) is 69.0 Å². The van der Waals surface area contributed by atoms with Gasteiger partial charge in [0.15, 0.2) is 35.1 Å². The number of aromatic hydroxyl groups is 4. The van der Waals surface area contributed by atoms with Gasteiger partial charge in [0.1, 0.15) is 131 Å². The number of rotatable bonds is 19. The first-order valence-corrected chi connectivity index (χ1v) is 42.4. The van der Waals surface area contributed by atoms with Crippen LogP contribution in [-0.4, -0.2) is 225 Å². The number of unbranched alkanes of at least 4 members (excludes halogenated alkanes) is 8. The van der Waals surface area contributed by atoms with E-state index in [1.54, 1.807) is 20.8 Å². The van der Waals surface area contributed by atoms with Gasteiger partial charge in [0.25, 0.3) is 0 Å². The van der Waals surface area contributed by atoms with Crippen molar-refractivity contribution >= 4 is 82.6 Å². The molecule has 18 atom stereocenters. The highest BCUT2D eigenvalue weighted by molar-refractivity contribution is 6.33. The summed E-state index contributed by atoms with van der Waals surface area (Å²) in [5.74, 6) is -19.7. The fourth-order valence-electron chi connectivity index (χ4n) is 15.9. The zero-order valence-corrected chi connectivity index (χ0v) is 72.2. The maximum Gasteiger partial charge on any atom is 0.410 e. The average Bonchev–Trinajstić information content (AvgIpc) is 0.758. The molecule has 0 saturated carbocycles. The monoisotopic (exact) mass is 1840 g/mol. The molecule has 17 bridgehead atoms. The number of aliphatic carboxylic acids is 1. The van der Waals surface area contributed by atoms with Crippen LogP contribution in [0.4, 0.5) is 4.79 Å². The van der Waals surface area contributed by atoms with Crippen LogP contribution >= 0.6 is 23.2 Å². The second-order valence-corrected chi connectivity index (χ2v) is 33.9. The normalized spacial score (nSPS) is 25.6. The molecule has 8 heterocycles. The molecular formula is C89H98Cl2N8O31. The molecule has 0 aromatic heterocycles. The van der Waals surface area contributed by atoms with E-state index in [1.165, 1.54) is 37.4 Å². The van der Waals surface area contributed by atoms with Gasteiger partial charge in [0, 0.05) is 54.3 Å². The van der Waals surface area contributed by atoms with E-state index in [-0.39, 0.29) is 28.9 Å². The van der Waals surface area contributed by atoms with E-state index in [1.807, 2.05) is 0 Å². The smallest absolute Gasteiger partial charge is 0.410 e. The second-order valence-electron chi connectivity index (χ2n) is 33.1. The van der Waals surface area contributed by atoms with Gasteiger partial charge in [-0.25, -0.2) is 14.4 Å². The second kappa shape index (κ2) is 40.2. The number of benzene rings is 7. The number of carboxylic acid groups (broad SMARTS) is 1. The highest BCUT2D eigenvalue weighted by atomic mass is 35.5. The third kappa shape index (κ3) is 21.0. The number of aliphatic hydroxyl groups excluding tert-OH is 7. The summed E-state index contributed by atoms with van der Waals surface area (Å²) in [6.07, 6.45) is -14.9. The average molecular weight is 1850 g/mol. The first-order chi connectivity index (χ1) is 61.8. The molecule has 19 N–H and O–H groups in total. The molecule has 2 fully saturated rings. The molecule has 0 spiro atoms. The minimum atomic E-state index is -2.50. The summed E-state index contributed by atoms with van der Waals surface area (Å²) in [6, 6.07) is 3.20. The van der Waals surface area contributed by atoms with Gasteiger partial charge in [-0.3, -0.25) is 38.5 Å². The summed E-state index contributed by atoms with van der Waals surface area (Å²) in [7, 11) is 2.16. The highest BCUT2D eigenvalue weighted by Gasteiger charge is 2.52. The first kappa shape index (κ1) is 95.1. The number of amides is 8. The van der Waals surface area contributed by atoms with Crippen molar-refractivity contribution in [3.63, 3.8) is 0 Å². The summed E-state index contributed by atoms with van der Waals surface area (Å²) in [5.41, 5.74) is -4.85. The van der Waals surface area contributed by atoms with E-state index < -0.39 is 294 Å². The number of nitrogens with one attached hydrogen (secondary N) is 7. The number of hydrogen-bond acceptors (Lipinski definition) is 30. The number of carboxylic acids is 1. The van der Waals surface area contributed by atoms with Crippen LogP contribution in [0.15, 0.2) is 115 Å². The summed E-state index contributed by atoms with van der Waals surface area (Å²) >= 11 is 14.3. The van der Waals surface area contributed by atoms with Gasteiger partial charge in [0.2, 0.25) is 59.7 Å². The van der Waals surface area contributed by atoms with Crippen LogP contribution in [0.3, 0.4) is 0 Å². The zero-order valence-electron chi connectivity index (χ0n) is 70.7. The van der Waals surface area contributed by atoms with Gasteiger partial charge in [-0.2, -0.15) is 0 Å². The van der Waals surface area contributed by atoms with Crippen molar-refractivity contribution in [2.45, 2.75) is 214 Å². The fraction of sp³-hybridized carbons (Fsp3) is 0.416. The fourth-order valence-corrected chi connectivity index (χ4v) is 16.3. The third-order valence-corrected chi connectivity index (χ3v) is 23.4. The number of aliphatic hydroxyl groups is 7. The Hall–Kier alpha value is -12.5. The maximum atomic E-state index is 16.8. The molecule has 8 aliphatic rings. The first-order valence-electron chi connectivity index (χ1n) is 41.7. The standard InChI is InChI=1S/C89H98Cl2N8O31/c1-7-8-9-10-11-12-13-14-15-16-60(105)93-68-72(108)74(110)77(85(120)122-6)129-86(68)128-76-57-31-42-32-58(76)125-54-26-21-41(29-49(54)90)70(106)67-82(116)97-66(84(118)119)47-33-43(101)34-56(126-87-75(111)73(109)71(107)59(37-100)127-87)61(47)46-28-39(19-24-51(46)102)63(79(113)98-67)94-80(114)64(42)95-81(115)65-48-35-45(36-53(104)62(48)91)124-55-30-40(20-25-52(55)103)69(99(5)88(121)130-89(2,3)4)83(117)92-50(78(112)96-65)27-38-17-22-44(123-57)23-18-38/h17-26,28-36,50,59,63-75,77,86-87,100-104,106-111H,7-16,27,37H2,1-6H3,(H,92,117)(H,93,105)(H,94,114)(H,95,115)(H,96,112)(H,97,116)(H,98,113)(H,118,119)/t50-,59-,63-,64-,65+,66-,67+,68-,69+,70-,71-,72-,73+,74+,75+,77+,86-,87+/m1/s1. The Morgan fingerprint density at radius 3 is 1.85 bits per heavy atom. The molecule has 41 heteroatoms. The number of hydrogen-bond donors (Lipinski definition) is 19. The summed E-state index contributed by atoms with van der Waals surface area (Å²) in [5, 5.41) is 155. The van der Waals surface area contributed by atoms with E-state index in [0.717, 1.165) is 142 Å². The van der Waals surface area contributed by atoms with Gasteiger partial charge < -0.3 is 141 Å². The number of carbonyl (C=O) groups is 10. The van der Waals surface area contributed by atoms with Crippen molar-refractivity contribution in [1.29, 1.82) is 0 Å². The molecular weight excluding hydrogens is 1750 g/mol. The van der Waals surface area contributed by atoms with Gasteiger partial charge in [0.05, 0.1) is 23.8 Å². The van der Waals surface area contributed by atoms with E-state index >= 15 is 28.8 Å². The van der Waals surface area contributed by atoms with E-state index in [0.29, 0.717) is 12.8 Å². The zero-order chi connectivity index (χ0) is 93.8. The highest BCUT2D eigenvalue weighted by Crippen LogP contribution is 2.51. The van der Waals surface area contributed by atoms with Gasteiger partial charge in [-0.05, 0) is 128 Å². The van der Waals surface area contributed by atoms with Crippen molar-refractivity contribution in [2.75, 3.05) is 20.8 Å². The third-order valence-electron chi connectivity index (χ3n) is 22.7. The summed E-state index contributed by atoms with van der Waals surface area (Å²) in [4.78, 5) is 153. The Kier molecular flexibility index (Phi) is 29.4. The molecule has 694 valence electrons. The van der Waals surface area contributed by atoms with E-state index in [9.17, 15) is 80.5 Å². The number of phenolic OH excluding ortho intramolecular Hbond substituents is 4. The number of ether oxygens (including phenoxy) is 9. The number of carbonyl (C=O) groups excluding carboxylic acids is 9. The van der Waals surface area contributed by atoms with Crippen molar-refractivity contribution in [2.24, 2.45) is 0 Å². The minimum Gasteiger partial charge on any atom is -0.508 e. The van der Waals surface area contributed by atoms with Crippen molar-refractivity contribution < 1.29 is 152 Å². The Morgan fingerprint density at radius 1 is 0.554 bits per heavy atom. The predicted octanol–water partition coefficient (Wildman–Crippen LogP) is 6.06. The van der Waals surface area contributed by atoms with Gasteiger partial charge >= 0.3 is 18.0 Å². The number of phenols is 4. The van der Waals surface area contributed by atoms with Crippen molar-refractivity contribution in [1.82, 2.24) is 42.1 Å². The molecule has 130 heavy (non-hydrogen) atoms. The lowest BCUT2D eigenvalue weighted by atomic mass is 9.89. The lowest BCUT2D eigenvalue weighted by Gasteiger charge is -2.41. The van der Waals surface area contributed by atoms with Gasteiger partial charge in [-0.15, -0.1) is 0 Å². The quantitative estimate of drug-likeness (QED) is 0.0323. The molecule has 2 saturated heterocycles. The number of halogens is 2. The van der Waals surface area contributed by atoms with Crippen LogP contribution in [-0.2, 0) is 68.5 Å². The largest absolute Gasteiger partial charge is 0.508 e. The molecule has 8 amide bonds. The Bertz CT molecular complexity index is 5490. The van der Waals surface area contributed by atoms with E-state index in [2.05, 4.69) is 44.1 Å². The number of nitrogens with zero attached hydrogens (tertiary/aromatic N) is 1. The van der Waals surface area contributed by atoms with Crippen molar-refractivity contribution in [3.05, 3.63) is 164 Å². The van der Waals surface area contributed by atoms with Crippen LogP contribution < -0.4 is 60.9 Å². The van der Waals surface area contributed by atoms with Gasteiger partial charge in [-0.1, -0.05) is 112 Å². The predicted molar refractivity (Wildman–Crippen MR) is 453 cm³/mol.